The van der Waals surface area contributed by atoms with Gasteiger partial charge in [-0.1, -0.05) is 6.92 Å². The summed E-state index contributed by atoms with van der Waals surface area (Å²) in [4.78, 5) is 0. The Balaban J connectivity index is 2.40. The smallest absolute Gasteiger partial charge is 0.330 e. The molecule has 0 fully saturated rings. The van der Waals surface area contributed by atoms with Crippen LogP contribution in [0, 0.1) is 0 Å². The van der Waals surface area contributed by atoms with Gasteiger partial charge >= 0.3 is 12.3 Å². The topological polar surface area (TPSA) is 30.5 Å². The van der Waals surface area contributed by atoms with Gasteiger partial charge in [-0.05, 0) is 19.0 Å². The van der Waals surface area contributed by atoms with Crippen molar-refractivity contribution in [1.82, 2.24) is 5.32 Å². The zero-order valence-electron chi connectivity index (χ0n) is 10.8. The highest BCUT2D eigenvalue weighted by atomic mass is 19.3. The van der Waals surface area contributed by atoms with E-state index < -0.39 is 19.0 Å². The second kappa shape index (κ2) is 7.69. The van der Waals surface area contributed by atoms with Crippen molar-refractivity contribution in [2.45, 2.75) is 38.2 Å². The number of halogens is 4. The highest BCUT2D eigenvalue weighted by Gasteiger charge is 2.41. The number of rotatable bonds is 9. The zero-order chi connectivity index (χ0) is 14.3. The number of hydrogen-bond acceptors (Lipinski definition) is 3. The summed E-state index contributed by atoms with van der Waals surface area (Å²) in [6, 6.07) is -0.365. The van der Waals surface area contributed by atoms with E-state index in [0.29, 0.717) is 18.9 Å². The van der Waals surface area contributed by atoms with Crippen molar-refractivity contribution in [3.63, 3.8) is 0 Å². The molecule has 0 radical (unpaired) electrons. The minimum absolute atomic E-state index is 0.117. The lowest BCUT2D eigenvalue weighted by molar-refractivity contribution is -0.166. The monoisotopic (exact) mass is 285 g/mol. The van der Waals surface area contributed by atoms with Gasteiger partial charge in [-0.3, -0.25) is 0 Å². The van der Waals surface area contributed by atoms with Crippen LogP contribution in [0.1, 0.15) is 19.8 Å². The quantitative estimate of drug-likeness (QED) is 0.660. The molecular weight excluding hydrogens is 266 g/mol. The second-order valence-corrected chi connectivity index (χ2v) is 4.33. The predicted molar refractivity (Wildman–Crippen MR) is 62.5 cm³/mol. The Morgan fingerprint density at radius 2 is 2.21 bits per heavy atom. The van der Waals surface area contributed by atoms with Crippen LogP contribution in [-0.4, -0.2) is 44.8 Å². The molecule has 1 aliphatic rings. The molecule has 0 aromatic heterocycles. The van der Waals surface area contributed by atoms with E-state index in [4.69, 9.17) is 9.47 Å². The molecule has 0 aromatic rings. The van der Waals surface area contributed by atoms with E-state index >= 15 is 0 Å². The summed E-state index contributed by atoms with van der Waals surface area (Å²) in [5.41, 5.74) is 0. The molecule has 1 rings (SSSR count). The summed E-state index contributed by atoms with van der Waals surface area (Å²) in [5.74, 6) is -3.48. The molecule has 1 atom stereocenters. The summed E-state index contributed by atoms with van der Waals surface area (Å²) < 4.78 is 59.3. The molecule has 112 valence electrons. The maximum atomic E-state index is 12.7. The van der Waals surface area contributed by atoms with Gasteiger partial charge in [-0.2, -0.15) is 8.78 Å². The largest absolute Gasteiger partial charge is 0.496 e. The first-order chi connectivity index (χ1) is 8.97. The SMILES string of the molecule is CCCNC(COCC(F)(F)C(F)F)C1=CCCO1. The van der Waals surface area contributed by atoms with Crippen molar-refractivity contribution in [2.75, 3.05) is 26.4 Å². The molecule has 1 unspecified atom stereocenters. The molecule has 0 bridgehead atoms. The molecule has 1 N–H and O–H groups in total. The highest BCUT2D eigenvalue weighted by Crippen LogP contribution is 2.23. The van der Waals surface area contributed by atoms with E-state index in [1.165, 1.54) is 0 Å². The fourth-order valence-electron chi connectivity index (χ4n) is 1.62. The zero-order valence-corrected chi connectivity index (χ0v) is 10.8. The van der Waals surface area contributed by atoms with E-state index in [1.807, 2.05) is 13.0 Å². The van der Waals surface area contributed by atoms with Crippen LogP contribution in [0.5, 0.6) is 0 Å². The van der Waals surface area contributed by atoms with Gasteiger partial charge in [0.15, 0.2) is 0 Å². The number of nitrogens with one attached hydrogen (secondary N) is 1. The second-order valence-electron chi connectivity index (χ2n) is 4.33. The van der Waals surface area contributed by atoms with Gasteiger partial charge in [-0.15, -0.1) is 0 Å². The summed E-state index contributed by atoms with van der Waals surface area (Å²) in [6.45, 7) is 1.77. The molecule has 7 heteroatoms. The summed E-state index contributed by atoms with van der Waals surface area (Å²) in [5, 5.41) is 3.08. The summed E-state index contributed by atoms with van der Waals surface area (Å²) in [6.07, 6.45) is -0.248. The van der Waals surface area contributed by atoms with Gasteiger partial charge in [0.25, 0.3) is 0 Å². The first kappa shape index (κ1) is 16.2. The van der Waals surface area contributed by atoms with Crippen molar-refractivity contribution in [3.05, 3.63) is 11.8 Å². The van der Waals surface area contributed by atoms with Gasteiger partial charge in [0, 0.05) is 6.42 Å². The minimum Gasteiger partial charge on any atom is -0.496 e. The predicted octanol–water partition coefficient (Wildman–Crippen LogP) is 2.58. The van der Waals surface area contributed by atoms with E-state index in [1.54, 1.807) is 0 Å². The molecule has 1 aliphatic heterocycles. The van der Waals surface area contributed by atoms with Crippen LogP contribution in [0.2, 0.25) is 0 Å². The Kier molecular flexibility index (Phi) is 6.57. The summed E-state index contributed by atoms with van der Waals surface area (Å²) in [7, 11) is 0. The Labute approximate surface area is 109 Å². The molecule has 0 saturated carbocycles. The molecule has 19 heavy (non-hydrogen) atoms. The first-order valence-corrected chi connectivity index (χ1v) is 6.27. The van der Waals surface area contributed by atoms with Crippen molar-refractivity contribution in [1.29, 1.82) is 0 Å². The van der Waals surface area contributed by atoms with Crippen LogP contribution in [-0.2, 0) is 9.47 Å². The van der Waals surface area contributed by atoms with Crippen molar-refractivity contribution in [3.8, 4) is 0 Å². The van der Waals surface area contributed by atoms with Crippen LogP contribution in [0.3, 0.4) is 0 Å². The van der Waals surface area contributed by atoms with E-state index in [2.05, 4.69) is 5.32 Å². The molecule has 0 saturated heterocycles. The van der Waals surface area contributed by atoms with Gasteiger partial charge < -0.3 is 14.8 Å². The number of alkyl halides is 4. The fraction of sp³-hybridized carbons (Fsp3) is 0.833. The average molecular weight is 285 g/mol. The Hall–Kier alpha value is -0.820. The maximum Gasteiger partial charge on any atom is 0.330 e. The van der Waals surface area contributed by atoms with Crippen LogP contribution in [0.15, 0.2) is 11.8 Å². The molecule has 0 aromatic carbocycles. The Bertz CT molecular complexity index is 297. The molecule has 3 nitrogen and oxygen atoms in total. The van der Waals surface area contributed by atoms with Gasteiger partial charge in [-0.25, -0.2) is 8.78 Å². The van der Waals surface area contributed by atoms with E-state index in [9.17, 15) is 17.6 Å². The van der Waals surface area contributed by atoms with Crippen molar-refractivity contribution >= 4 is 0 Å². The van der Waals surface area contributed by atoms with Crippen LogP contribution >= 0.6 is 0 Å². The first-order valence-electron chi connectivity index (χ1n) is 6.27. The van der Waals surface area contributed by atoms with Crippen LogP contribution in [0.4, 0.5) is 17.6 Å². The normalized spacial score (nSPS) is 17.5. The van der Waals surface area contributed by atoms with E-state index in [0.717, 1.165) is 12.8 Å². The van der Waals surface area contributed by atoms with Gasteiger partial charge in [0.05, 0.1) is 19.3 Å². The van der Waals surface area contributed by atoms with Gasteiger partial charge in [0.2, 0.25) is 0 Å². The minimum atomic E-state index is -4.11. The lowest BCUT2D eigenvalue weighted by atomic mass is 10.2. The van der Waals surface area contributed by atoms with Gasteiger partial charge in [0.1, 0.15) is 12.4 Å². The third-order valence-corrected chi connectivity index (χ3v) is 2.61. The number of hydrogen-bond donors (Lipinski definition) is 1. The van der Waals surface area contributed by atoms with Crippen molar-refractivity contribution in [2.24, 2.45) is 0 Å². The lowest BCUT2D eigenvalue weighted by Crippen LogP contribution is -2.39. The highest BCUT2D eigenvalue weighted by molar-refractivity contribution is 5.07. The number of ether oxygens (including phenoxy) is 2. The van der Waals surface area contributed by atoms with Crippen LogP contribution in [0.25, 0.3) is 0 Å². The molecule has 1 heterocycles. The fourth-order valence-corrected chi connectivity index (χ4v) is 1.62. The third kappa shape index (κ3) is 5.36. The lowest BCUT2D eigenvalue weighted by Gasteiger charge is -2.21. The van der Waals surface area contributed by atoms with Crippen LogP contribution < -0.4 is 5.32 Å². The molecular formula is C12H19F4NO2. The third-order valence-electron chi connectivity index (χ3n) is 2.61. The standard InChI is InChI=1S/C12H19F4NO2/c1-2-5-17-9(10-4-3-6-19-10)7-18-8-12(15,16)11(13)14/h4,9,11,17H,2-3,5-8H2,1H3. The average Bonchev–Trinajstić information content (AvgIpc) is 2.86. The van der Waals surface area contributed by atoms with Crippen molar-refractivity contribution < 1.29 is 27.0 Å². The Morgan fingerprint density at radius 3 is 2.74 bits per heavy atom. The molecule has 0 aliphatic carbocycles. The molecule has 0 amide bonds. The molecule has 0 spiro atoms. The van der Waals surface area contributed by atoms with E-state index in [-0.39, 0.29) is 12.6 Å². The summed E-state index contributed by atoms with van der Waals surface area (Å²) >= 11 is 0. The Morgan fingerprint density at radius 1 is 1.47 bits per heavy atom. The maximum absolute atomic E-state index is 12.7.